The SMILES string of the molecule is COC1C(OC(=O)NC2CCC(N)CC2)CC[C@]2(CO2)C1[C@]1(C)O[C@@H]1CC=C(C)C. The third kappa shape index (κ3) is 4.40. The van der Waals surface area contributed by atoms with Crippen LogP contribution in [0.2, 0.25) is 0 Å². The number of amides is 1. The summed E-state index contributed by atoms with van der Waals surface area (Å²) in [4.78, 5) is 12.6. The quantitative estimate of drug-likeness (QED) is 0.504. The highest BCUT2D eigenvalue weighted by atomic mass is 16.6. The van der Waals surface area contributed by atoms with Crippen LogP contribution >= 0.6 is 0 Å². The molecule has 4 rings (SSSR count). The second-order valence-corrected chi connectivity index (χ2v) is 10.1. The van der Waals surface area contributed by atoms with Gasteiger partial charge in [0.05, 0.1) is 18.6 Å². The van der Waals surface area contributed by atoms with Crippen LogP contribution in [-0.2, 0) is 18.9 Å². The first kappa shape index (κ1) is 22.1. The summed E-state index contributed by atoms with van der Waals surface area (Å²) in [5, 5.41) is 3.04. The van der Waals surface area contributed by atoms with E-state index in [0.717, 1.165) is 51.6 Å². The van der Waals surface area contributed by atoms with E-state index < -0.39 is 0 Å². The van der Waals surface area contributed by atoms with Gasteiger partial charge in [-0.15, -0.1) is 0 Å². The Bertz CT molecular complexity index is 667. The molecule has 7 heteroatoms. The normalized spacial score (nSPS) is 45.0. The van der Waals surface area contributed by atoms with Crippen LogP contribution in [0.5, 0.6) is 0 Å². The van der Waals surface area contributed by atoms with Gasteiger partial charge in [-0.25, -0.2) is 4.79 Å². The molecule has 4 aliphatic rings. The molecule has 2 saturated carbocycles. The highest BCUT2D eigenvalue weighted by Crippen LogP contribution is 2.59. The summed E-state index contributed by atoms with van der Waals surface area (Å²) in [6, 6.07) is 0.401. The largest absolute Gasteiger partial charge is 0.443 e. The van der Waals surface area contributed by atoms with E-state index in [0.29, 0.717) is 0 Å². The molecule has 1 spiro atoms. The van der Waals surface area contributed by atoms with Crippen molar-refractivity contribution in [3.63, 3.8) is 0 Å². The molecule has 0 bridgehead atoms. The summed E-state index contributed by atoms with van der Waals surface area (Å²) in [6.45, 7) is 7.09. The molecule has 4 fully saturated rings. The number of carbonyl (C=O) groups is 1. The second kappa shape index (κ2) is 8.41. The van der Waals surface area contributed by atoms with Crippen molar-refractivity contribution in [3.05, 3.63) is 11.6 Å². The van der Waals surface area contributed by atoms with Gasteiger partial charge >= 0.3 is 6.09 Å². The van der Waals surface area contributed by atoms with Crippen molar-refractivity contribution < 1.29 is 23.7 Å². The van der Waals surface area contributed by atoms with E-state index in [1.165, 1.54) is 5.57 Å². The lowest BCUT2D eigenvalue weighted by Gasteiger charge is -2.42. The minimum atomic E-state index is -0.350. The van der Waals surface area contributed by atoms with Crippen molar-refractivity contribution in [1.82, 2.24) is 5.32 Å². The first-order chi connectivity index (χ1) is 14.3. The Labute approximate surface area is 180 Å². The molecule has 2 heterocycles. The van der Waals surface area contributed by atoms with Crippen molar-refractivity contribution in [2.75, 3.05) is 13.7 Å². The van der Waals surface area contributed by atoms with Gasteiger partial charge in [-0.2, -0.15) is 0 Å². The van der Waals surface area contributed by atoms with Crippen LogP contribution < -0.4 is 11.1 Å². The zero-order valence-corrected chi connectivity index (χ0v) is 18.8. The first-order valence-corrected chi connectivity index (χ1v) is 11.5. The highest BCUT2D eigenvalue weighted by Gasteiger charge is 2.72. The molecular formula is C23H38N2O5. The fraction of sp³-hybridized carbons (Fsp3) is 0.870. The number of hydrogen-bond acceptors (Lipinski definition) is 6. The van der Waals surface area contributed by atoms with E-state index in [1.807, 2.05) is 0 Å². The molecular weight excluding hydrogens is 384 g/mol. The predicted octanol–water partition coefficient (Wildman–Crippen LogP) is 3.06. The topological polar surface area (TPSA) is 98.6 Å². The number of nitrogens with one attached hydrogen (secondary N) is 1. The van der Waals surface area contributed by atoms with Gasteiger partial charge in [0, 0.05) is 19.2 Å². The average Bonchev–Trinajstić information content (AvgIpc) is 3.61. The molecule has 170 valence electrons. The van der Waals surface area contributed by atoms with E-state index in [9.17, 15) is 4.79 Å². The van der Waals surface area contributed by atoms with Gasteiger partial charge in [0.1, 0.15) is 23.4 Å². The monoisotopic (exact) mass is 422 g/mol. The summed E-state index contributed by atoms with van der Waals surface area (Å²) in [7, 11) is 1.70. The predicted molar refractivity (Wildman–Crippen MR) is 113 cm³/mol. The highest BCUT2D eigenvalue weighted by molar-refractivity contribution is 5.68. The van der Waals surface area contributed by atoms with Gasteiger partial charge in [-0.1, -0.05) is 11.6 Å². The van der Waals surface area contributed by atoms with Gasteiger partial charge in [-0.3, -0.25) is 0 Å². The van der Waals surface area contributed by atoms with E-state index in [-0.39, 0.29) is 53.6 Å². The third-order valence-corrected chi connectivity index (χ3v) is 7.59. The van der Waals surface area contributed by atoms with Crippen LogP contribution in [0.3, 0.4) is 0 Å². The van der Waals surface area contributed by atoms with Crippen molar-refractivity contribution in [3.8, 4) is 0 Å². The molecule has 30 heavy (non-hydrogen) atoms. The van der Waals surface area contributed by atoms with Crippen LogP contribution in [-0.4, -0.2) is 61.4 Å². The molecule has 0 aromatic heterocycles. The molecule has 3 N–H and O–H groups in total. The fourth-order valence-corrected chi connectivity index (χ4v) is 5.67. The van der Waals surface area contributed by atoms with Crippen molar-refractivity contribution >= 4 is 6.09 Å². The number of alkyl carbamates (subject to hydrolysis) is 1. The number of nitrogens with two attached hydrogens (primary N) is 1. The molecule has 2 aliphatic carbocycles. The molecule has 6 atom stereocenters. The van der Waals surface area contributed by atoms with Crippen LogP contribution in [0.1, 0.15) is 65.7 Å². The molecule has 1 amide bonds. The second-order valence-electron chi connectivity index (χ2n) is 10.1. The molecule has 3 unspecified atom stereocenters. The average molecular weight is 423 g/mol. The van der Waals surface area contributed by atoms with Gasteiger partial charge in [0.15, 0.2) is 0 Å². The lowest BCUT2D eigenvalue weighted by Crippen LogP contribution is -2.56. The Balaban J connectivity index is 1.40. The van der Waals surface area contributed by atoms with Gasteiger partial charge < -0.3 is 30.0 Å². The Morgan fingerprint density at radius 2 is 1.93 bits per heavy atom. The molecule has 2 saturated heterocycles. The fourth-order valence-electron chi connectivity index (χ4n) is 5.67. The molecule has 0 radical (unpaired) electrons. The van der Waals surface area contributed by atoms with Crippen molar-refractivity contribution in [2.45, 2.75) is 107 Å². The molecule has 0 aromatic rings. The van der Waals surface area contributed by atoms with E-state index in [2.05, 4.69) is 32.2 Å². The number of ether oxygens (including phenoxy) is 4. The summed E-state index contributed by atoms with van der Waals surface area (Å²) >= 11 is 0. The third-order valence-electron chi connectivity index (χ3n) is 7.59. The Kier molecular flexibility index (Phi) is 6.19. The summed E-state index contributed by atoms with van der Waals surface area (Å²) < 4.78 is 24.0. The lowest BCUT2D eigenvalue weighted by atomic mass is 9.68. The molecule has 7 nitrogen and oxygen atoms in total. The van der Waals surface area contributed by atoms with Gasteiger partial charge in [0.25, 0.3) is 0 Å². The maximum absolute atomic E-state index is 12.6. The maximum atomic E-state index is 12.6. The molecule has 0 aromatic carbocycles. The lowest BCUT2D eigenvalue weighted by molar-refractivity contribution is -0.118. The number of carbonyl (C=O) groups excluding carboxylic acids is 1. The van der Waals surface area contributed by atoms with Crippen molar-refractivity contribution in [1.29, 1.82) is 0 Å². The zero-order chi connectivity index (χ0) is 21.5. The molecule has 2 aliphatic heterocycles. The number of allylic oxidation sites excluding steroid dienone is 1. The van der Waals surface area contributed by atoms with Crippen LogP contribution in [0.4, 0.5) is 4.79 Å². The number of hydrogen-bond donors (Lipinski definition) is 2. The number of rotatable bonds is 6. The number of epoxide rings is 2. The van der Waals surface area contributed by atoms with Crippen molar-refractivity contribution in [2.24, 2.45) is 11.7 Å². The summed E-state index contributed by atoms with van der Waals surface area (Å²) in [5.41, 5.74) is 6.74. The first-order valence-electron chi connectivity index (χ1n) is 11.5. The number of methoxy groups -OCH3 is 1. The van der Waals surface area contributed by atoms with Crippen LogP contribution in [0, 0.1) is 5.92 Å². The van der Waals surface area contributed by atoms with E-state index >= 15 is 0 Å². The van der Waals surface area contributed by atoms with E-state index in [4.69, 9.17) is 24.7 Å². The standard InChI is InChI=1S/C23H38N2O5/c1-14(2)5-10-18-22(3,30-18)20-19(27-4)17(11-12-23(20)13-28-23)29-21(26)25-16-8-6-15(24)7-9-16/h5,15-20H,6-13,24H2,1-4H3,(H,25,26)/t15?,16?,17?,18-,19?,20?,22-,23+/m1/s1. The Morgan fingerprint density at radius 3 is 2.53 bits per heavy atom. The van der Waals surface area contributed by atoms with Crippen LogP contribution in [0.25, 0.3) is 0 Å². The van der Waals surface area contributed by atoms with Gasteiger partial charge in [0.2, 0.25) is 0 Å². The van der Waals surface area contributed by atoms with E-state index in [1.54, 1.807) is 7.11 Å². The Hall–Kier alpha value is -1.15. The van der Waals surface area contributed by atoms with Crippen LogP contribution in [0.15, 0.2) is 11.6 Å². The minimum Gasteiger partial charge on any atom is -0.443 e. The minimum absolute atomic E-state index is 0.0461. The summed E-state index contributed by atoms with van der Waals surface area (Å²) in [5.74, 6) is 0.0461. The summed E-state index contributed by atoms with van der Waals surface area (Å²) in [6.07, 6.45) is 7.68. The smallest absolute Gasteiger partial charge is 0.407 e. The Morgan fingerprint density at radius 1 is 1.23 bits per heavy atom. The zero-order valence-electron chi connectivity index (χ0n) is 18.8. The maximum Gasteiger partial charge on any atom is 0.407 e. The van der Waals surface area contributed by atoms with Gasteiger partial charge in [-0.05, 0) is 65.7 Å².